The third kappa shape index (κ3) is 3.70. The Labute approximate surface area is 118 Å². The lowest BCUT2D eigenvalue weighted by Gasteiger charge is -2.20. The number of halogens is 1. The number of hydrogen-bond donors (Lipinski definition) is 3. The molecule has 20 heavy (non-hydrogen) atoms. The van der Waals surface area contributed by atoms with E-state index in [1.165, 1.54) is 37.8 Å². The van der Waals surface area contributed by atoms with E-state index >= 15 is 0 Å². The van der Waals surface area contributed by atoms with Gasteiger partial charge in [0.15, 0.2) is 5.84 Å². The summed E-state index contributed by atoms with van der Waals surface area (Å²) in [6.07, 6.45) is 5.16. The smallest absolute Gasteiger partial charge is 0.170 e. The van der Waals surface area contributed by atoms with E-state index in [1.807, 2.05) is 0 Å². The number of rotatable bonds is 5. The minimum atomic E-state index is -0.376. The zero-order chi connectivity index (χ0) is 14.5. The molecule has 0 heterocycles. The minimum absolute atomic E-state index is 0.0745. The van der Waals surface area contributed by atoms with Crippen molar-refractivity contribution in [3.8, 4) is 0 Å². The molecule has 0 aromatic heterocycles. The highest BCUT2D eigenvalue weighted by atomic mass is 19.1. The molecule has 1 aromatic carbocycles. The van der Waals surface area contributed by atoms with Gasteiger partial charge in [0.1, 0.15) is 5.82 Å². The second-order valence-electron chi connectivity index (χ2n) is 5.55. The Morgan fingerprint density at radius 1 is 1.45 bits per heavy atom. The topological polar surface area (TPSA) is 70.6 Å². The van der Waals surface area contributed by atoms with Crippen LogP contribution in [0.4, 0.5) is 4.39 Å². The van der Waals surface area contributed by atoms with Crippen LogP contribution in [-0.4, -0.2) is 17.1 Å². The Morgan fingerprint density at radius 3 is 2.80 bits per heavy atom. The Bertz CT molecular complexity index is 484. The van der Waals surface area contributed by atoms with Gasteiger partial charge in [0.25, 0.3) is 0 Å². The lowest BCUT2D eigenvalue weighted by atomic mass is 9.99. The van der Waals surface area contributed by atoms with E-state index in [0.29, 0.717) is 24.1 Å². The maximum Gasteiger partial charge on any atom is 0.170 e. The van der Waals surface area contributed by atoms with Crippen LogP contribution >= 0.6 is 0 Å². The fourth-order valence-corrected chi connectivity index (χ4v) is 2.86. The summed E-state index contributed by atoms with van der Waals surface area (Å²) in [5, 5.41) is 15.0. The molecule has 0 bridgehead atoms. The highest BCUT2D eigenvalue weighted by Crippen LogP contribution is 2.27. The molecule has 0 radical (unpaired) electrons. The van der Waals surface area contributed by atoms with Gasteiger partial charge in [-0.3, -0.25) is 0 Å². The molecule has 4 nitrogen and oxygen atoms in total. The van der Waals surface area contributed by atoms with Gasteiger partial charge in [-0.2, -0.15) is 0 Å². The Morgan fingerprint density at radius 2 is 2.15 bits per heavy atom. The van der Waals surface area contributed by atoms with Crippen LogP contribution in [0.15, 0.2) is 23.4 Å². The number of nitrogens with zero attached hydrogens (tertiary/aromatic N) is 1. The highest BCUT2D eigenvalue weighted by Gasteiger charge is 2.20. The first-order valence-corrected chi connectivity index (χ1v) is 7.11. The van der Waals surface area contributed by atoms with Crippen molar-refractivity contribution in [3.05, 3.63) is 35.1 Å². The van der Waals surface area contributed by atoms with Crippen molar-refractivity contribution in [2.45, 2.75) is 45.2 Å². The molecule has 5 heteroatoms. The standard InChI is InChI=1S/C15H22FN3O/c1-10(12-4-2-3-5-12)18-9-11-6-13(15(17)19-20)8-14(16)7-11/h6-8,10,12,18,20H,2-5,9H2,1H3,(H2,17,19)/t10-/m0/s1. The van der Waals surface area contributed by atoms with E-state index < -0.39 is 0 Å². The zero-order valence-corrected chi connectivity index (χ0v) is 11.8. The molecule has 2 rings (SSSR count). The molecule has 0 unspecified atom stereocenters. The third-order valence-electron chi connectivity index (χ3n) is 4.10. The largest absolute Gasteiger partial charge is 0.409 e. The van der Waals surface area contributed by atoms with E-state index in [9.17, 15) is 4.39 Å². The van der Waals surface area contributed by atoms with Crippen molar-refractivity contribution < 1.29 is 9.60 Å². The first-order valence-electron chi connectivity index (χ1n) is 7.11. The molecule has 0 amide bonds. The van der Waals surface area contributed by atoms with Crippen LogP contribution in [0.3, 0.4) is 0 Å². The Balaban J connectivity index is 2.00. The monoisotopic (exact) mass is 279 g/mol. The molecule has 4 N–H and O–H groups in total. The highest BCUT2D eigenvalue weighted by molar-refractivity contribution is 5.97. The second kappa shape index (κ2) is 6.70. The van der Waals surface area contributed by atoms with Crippen LogP contribution in [-0.2, 0) is 6.54 Å². The van der Waals surface area contributed by atoms with Crippen molar-refractivity contribution in [3.63, 3.8) is 0 Å². The van der Waals surface area contributed by atoms with Gasteiger partial charge in [-0.1, -0.05) is 18.0 Å². The number of nitrogens with two attached hydrogens (primary N) is 1. The molecule has 0 saturated heterocycles. The van der Waals surface area contributed by atoms with Crippen molar-refractivity contribution >= 4 is 5.84 Å². The van der Waals surface area contributed by atoms with Gasteiger partial charge in [0.2, 0.25) is 0 Å². The fourth-order valence-electron chi connectivity index (χ4n) is 2.86. The Kier molecular flexibility index (Phi) is 4.95. The van der Waals surface area contributed by atoms with Crippen LogP contribution in [0.25, 0.3) is 0 Å². The molecule has 110 valence electrons. The van der Waals surface area contributed by atoms with E-state index in [-0.39, 0.29) is 11.7 Å². The average Bonchev–Trinajstić information content (AvgIpc) is 2.97. The molecule has 1 aliphatic rings. The molecular formula is C15H22FN3O. The summed E-state index contributed by atoms with van der Waals surface area (Å²) in [7, 11) is 0. The summed E-state index contributed by atoms with van der Waals surface area (Å²) in [5.74, 6) is 0.265. The predicted octanol–water partition coefficient (Wildman–Crippen LogP) is 2.59. The van der Waals surface area contributed by atoms with E-state index in [1.54, 1.807) is 6.07 Å². The van der Waals surface area contributed by atoms with Gasteiger partial charge in [0, 0.05) is 18.2 Å². The number of amidine groups is 1. The molecular weight excluding hydrogens is 257 g/mol. The number of hydrogen-bond acceptors (Lipinski definition) is 3. The average molecular weight is 279 g/mol. The summed E-state index contributed by atoms with van der Waals surface area (Å²) in [6.45, 7) is 2.76. The summed E-state index contributed by atoms with van der Waals surface area (Å²) >= 11 is 0. The maximum absolute atomic E-state index is 13.5. The molecule has 1 fully saturated rings. The molecule has 0 spiro atoms. The number of nitrogens with one attached hydrogen (secondary N) is 1. The van der Waals surface area contributed by atoms with Crippen LogP contribution in [0.2, 0.25) is 0 Å². The van der Waals surface area contributed by atoms with Gasteiger partial charge >= 0.3 is 0 Å². The zero-order valence-electron chi connectivity index (χ0n) is 11.8. The van der Waals surface area contributed by atoms with Gasteiger partial charge in [-0.05, 0) is 49.4 Å². The van der Waals surface area contributed by atoms with Crippen molar-refractivity contribution in [2.24, 2.45) is 16.8 Å². The summed E-state index contributed by atoms with van der Waals surface area (Å²) in [6, 6.07) is 4.90. The van der Waals surface area contributed by atoms with E-state index in [4.69, 9.17) is 10.9 Å². The number of benzene rings is 1. The van der Waals surface area contributed by atoms with Gasteiger partial charge in [-0.25, -0.2) is 4.39 Å². The fraction of sp³-hybridized carbons (Fsp3) is 0.533. The molecule has 1 saturated carbocycles. The van der Waals surface area contributed by atoms with E-state index in [2.05, 4.69) is 17.4 Å². The van der Waals surface area contributed by atoms with Crippen molar-refractivity contribution in [2.75, 3.05) is 0 Å². The van der Waals surface area contributed by atoms with Crippen molar-refractivity contribution in [1.82, 2.24) is 5.32 Å². The summed E-state index contributed by atoms with van der Waals surface area (Å²) in [5.41, 5.74) is 6.70. The second-order valence-corrected chi connectivity index (χ2v) is 5.55. The van der Waals surface area contributed by atoms with Gasteiger partial charge in [-0.15, -0.1) is 0 Å². The van der Waals surface area contributed by atoms with Gasteiger partial charge < -0.3 is 16.3 Å². The van der Waals surface area contributed by atoms with E-state index in [0.717, 1.165) is 5.56 Å². The predicted molar refractivity (Wildman–Crippen MR) is 77.2 cm³/mol. The van der Waals surface area contributed by atoms with Crippen LogP contribution in [0, 0.1) is 11.7 Å². The molecule has 1 aromatic rings. The third-order valence-corrected chi connectivity index (χ3v) is 4.10. The quantitative estimate of drug-likeness (QED) is 0.336. The minimum Gasteiger partial charge on any atom is -0.409 e. The summed E-state index contributed by atoms with van der Waals surface area (Å²) < 4.78 is 13.5. The van der Waals surface area contributed by atoms with Crippen molar-refractivity contribution in [1.29, 1.82) is 0 Å². The van der Waals surface area contributed by atoms with Crippen LogP contribution in [0.1, 0.15) is 43.7 Å². The lowest BCUT2D eigenvalue weighted by molar-refractivity contribution is 0.318. The Hall–Kier alpha value is -1.62. The molecule has 0 aliphatic heterocycles. The van der Waals surface area contributed by atoms with Crippen LogP contribution in [0.5, 0.6) is 0 Å². The first-order chi connectivity index (χ1) is 9.60. The lowest BCUT2D eigenvalue weighted by Crippen LogP contribution is -2.31. The van der Waals surface area contributed by atoms with Gasteiger partial charge in [0.05, 0.1) is 0 Å². The first kappa shape index (κ1) is 14.8. The van der Waals surface area contributed by atoms with Crippen LogP contribution < -0.4 is 11.1 Å². The molecule has 1 atom stereocenters. The molecule has 1 aliphatic carbocycles. The SMILES string of the molecule is C[C@H](NCc1cc(F)cc(/C(N)=N/O)c1)C1CCCC1. The maximum atomic E-state index is 13.5. The summed E-state index contributed by atoms with van der Waals surface area (Å²) in [4.78, 5) is 0. The normalized spacial score (nSPS) is 18.4. The number of oxime groups is 1.